The first-order chi connectivity index (χ1) is 24.6. The molecule has 0 heterocycles. The molecule has 51 heavy (non-hydrogen) atoms. The van der Waals surface area contributed by atoms with Crippen LogP contribution in [0.25, 0.3) is 0 Å². The lowest BCUT2D eigenvalue weighted by Gasteiger charge is -2.08. The molecule has 0 saturated carbocycles. The van der Waals surface area contributed by atoms with Crippen LogP contribution in [0.2, 0.25) is 0 Å². The SMILES string of the molecule is C.CCCOCCOCCOCCOCCOCCOCC(=O)OCC.CCOC(=O)COCCOCCOCCOCCOCCOCCO. The van der Waals surface area contributed by atoms with Crippen LogP contribution in [0.3, 0.4) is 0 Å². The van der Waals surface area contributed by atoms with E-state index in [1.807, 2.05) is 0 Å². The van der Waals surface area contributed by atoms with Gasteiger partial charge in [-0.3, -0.25) is 0 Å². The number of hydrogen-bond donors (Lipinski definition) is 1. The fourth-order valence-electron chi connectivity index (χ4n) is 3.12. The molecule has 0 saturated heterocycles. The van der Waals surface area contributed by atoms with E-state index in [4.69, 9.17) is 71.4 Å². The van der Waals surface area contributed by atoms with Crippen molar-refractivity contribution >= 4 is 11.9 Å². The third-order valence-corrected chi connectivity index (χ3v) is 5.35. The van der Waals surface area contributed by atoms with E-state index in [1.165, 1.54) is 0 Å². The van der Waals surface area contributed by atoms with E-state index in [2.05, 4.69) is 6.92 Å². The summed E-state index contributed by atoms with van der Waals surface area (Å²) >= 11 is 0. The molecule has 0 unspecified atom stereocenters. The molecule has 0 aromatic carbocycles. The van der Waals surface area contributed by atoms with Gasteiger partial charge in [0.15, 0.2) is 0 Å². The molecule has 0 radical (unpaired) electrons. The molecule has 0 amide bonds. The van der Waals surface area contributed by atoms with Crippen molar-refractivity contribution in [3.05, 3.63) is 0 Å². The quantitative estimate of drug-likeness (QED) is 0.0699. The Labute approximate surface area is 306 Å². The van der Waals surface area contributed by atoms with Crippen molar-refractivity contribution in [1.29, 1.82) is 0 Å². The summed E-state index contributed by atoms with van der Waals surface area (Å²) in [6, 6.07) is 0. The second-order valence-corrected chi connectivity index (χ2v) is 9.56. The molecule has 17 nitrogen and oxygen atoms in total. The van der Waals surface area contributed by atoms with E-state index >= 15 is 0 Å². The van der Waals surface area contributed by atoms with Gasteiger partial charge in [0.05, 0.1) is 159 Å². The molecule has 17 heteroatoms. The van der Waals surface area contributed by atoms with Crippen molar-refractivity contribution < 1.29 is 81.0 Å². The summed E-state index contributed by atoms with van der Waals surface area (Å²) in [4.78, 5) is 22.0. The van der Waals surface area contributed by atoms with Crippen LogP contribution in [0.5, 0.6) is 0 Å². The van der Waals surface area contributed by atoms with Gasteiger partial charge in [0.1, 0.15) is 13.2 Å². The van der Waals surface area contributed by atoms with Crippen LogP contribution in [0.1, 0.15) is 34.6 Å². The zero-order chi connectivity index (χ0) is 36.9. The molecular formula is C34H70O17. The Morgan fingerprint density at radius 3 is 0.784 bits per heavy atom. The number of carbonyl (C=O) groups excluding carboxylic acids is 2. The van der Waals surface area contributed by atoms with E-state index in [0.29, 0.717) is 152 Å². The topological polar surface area (TPSA) is 184 Å². The highest BCUT2D eigenvalue weighted by atomic mass is 16.6. The maximum atomic E-state index is 11.0. The van der Waals surface area contributed by atoms with Crippen LogP contribution in [0.15, 0.2) is 0 Å². The van der Waals surface area contributed by atoms with E-state index < -0.39 is 0 Å². The van der Waals surface area contributed by atoms with Crippen molar-refractivity contribution in [2.24, 2.45) is 0 Å². The highest BCUT2D eigenvalue weighted by Crippen LogP contribution is 1.88. The molecule has 0 aliphatic heterocycles. The Morgan fingerprint density at radius 2 is 0.569 bits per heavy atom. The lowest BCUT2D eigenvalue weighted by Crippen LogP contribution is -2.16. The minimum absolute atomic E-state index is 0. The van der Waals surface area contributed by atoms with Crippen molar-refractivity contribution in [3.8, 4) is 0 Å². The Hall–Kier alpha value is -1.58. The van der Waals surface area contributed by atoms with Crippen molar-refractivity contribution in [1.82, 2.24) is 0 Å². The highest BCUT2D eigenvalue weighted by Gasteiger charge is 2.02. The maximum Gasteiger partial charge on any atom is 0.332 e. The van der Waals surface area contributed by atoms with Crippen molar-refractivity contribution in [3.63, 3.8) is 0 Å². The Balaban J connectivity index is -0.000000886. The van der Waals surface area contributed by atoms with Gasteiger partial charge in [0, 0.05) is 6.61 Å². The average Bonchev–Trinajstić information content (AvgIpc) is 3.11. The third-order valence-electron chi connectivity index (χ3n) is 5.35. The lowest BCUT2D eigenvalue weighted by molar-refractivity contribution is -0.149. The van der Waals surface area contributed by atoms with Crippen LogP contribution >= 0.6 is 0 Å². The normalized spacial score (nSPS) is 10.7. The van der Waals surface area contributed by atoms with Crippen LogP contribution in [0.4, 0.5) is 0 Å². The number of ether oxygens (including phenoxy) is 14. The Morgan fingerprint density at radius 1 is 0.353 bits per heavy atom. The van der Waals surface area contributed by atoms with Gasteiger partial charge in [-0.25, -0.2) is 9.59 Å². The molecule has 0 fully saturated rings. The molecule has 0 aliphatic rings. The van der Waals surface area contributed by atoms with Crippen LogP contribution in [0, 0.1) is 0 Å². The summed E-state index contributed by atoms with van der Waals surface area (Å²) in [5, 5.41) is 8.50. The molecule has 1 N–H and O–H groups in total. The maximum absolute atomic E-state index is 11.0. The zero-order valence-electron chi connectivity index (χ0n) is 30.8. The van der Waals surface area contributed by atoms with Gasteiger partial charge in [-0.1, -0.05) is 14.4 Å². The molecule has 0 aliphatic carbocycles. The first kappa shape index (κ1) is 53.8. The Bertz CT molecular complexity index is 606. The molecule has 0 aromatic heterocycles. The number of aliphatic hydroxyl groups excluding tert-OH is 1. The number of rotatable bonds is 40. The minimum Gasteiger partial charge on any atom is -0.464 e. The van der Waals surface area contributed by atoms with E-state index in [0.717, 1.165) is 13.0 Å². The van der Waals surface area contributed by atoms with Gasteiger partial charge in [-0.15, -0.1) is 0 Å². The van der Waals surface area contributed by atoms with Crippen molar-refractivity contribution in [2.45, 2.75) is 34.6 Å². The number of aliphatic hydroxyl groups is 1. The predicted molar refractivity (Wildman–Crippen MR) is 187 cm³/mol. The van der Waals surface area contributed by atoms with E-state index in [1.54, 1.807) is 13.8 Å². The molecule has 0 aromatic rings. The summed E-state index contributed by atoms with van der Waals surface area (Å²) in [6.45, 7) is 17.1. The fourth-order valence-corrected chi connectivity index (χ4v) is 3.12. The minimum atomic E-state index is -0.369. The van der Waals surface area contributed by atoms with Gasteiger partial charge in [-0.05, 0) is 20.3 Å². The van der Waals surface area contributed by atoms with Gasteiger partial charge in [0.25, 0.3) is 0 Å². The summed E-state index contributed by atoms with van der Waals surface area (Å²) in [7, 11) is 0. The van der Waals surface area contributed by atoms with Crippen molar-refractivity contribution in [2.75, 3.05) is 178 Å². The summed E-state index contributed by atoms with van der Waals surface area (Å²) in [5.41, 5.74) is 0. The summed E-state index contributed by atoms with van der Waals surface area (Å²) in [6.07, 6.45) is 1.03. The first-order valence-electron chi connectivity index (χ1n) is 17.5. The lowest BCUT2D eigenvalue weighted by atomic mass is 10.5. The van der Waals surface area contributed by atoms with E-state index in [9.17, 15) is 9.59 Å². The standard InChI is InChI=1S/C17H34O8.C16H32O9.CH4/c1-3-5-19-6-7-20-8-9-21-10-11-22-12-13-23-14-15-24-16-17(18)25-4-2;1-2-25-16(18)15-24-14-13-23-12-11-22-10-9-21-8-7-20-6-5-19-4-3-17;/h3-16H2,1-2H3;17H,2-15H2,1H3;1H4. The zero-order valence-corrected chi connectivity index (χ0v) is 30.8. The predicted octanol–water partition coefficient (Wildman–Crippen LogP) is 1.34. The monoisotopic (exact) mass is 750 g/mol. The second-order valence-electron chi connectivity index (χ2n) is 9.56. The molecule has 0 rings (SSSR count). The average molecular weight is 751 g/mol. The van der Waals surface area contributed by atoms with Crippen LogP contribution in [-0.4, -0.2) is 195 Å². The molecule has 0 atom stereocenters. The summed E-state index contributed by atoms with van der Waals surface area (Å²) in [5.74, 6) is -0.729. The Kier molecular flexibility index (Phi) is 53.3. The first-order valence-corrected chi connectivity index (χ1v) is 17.5. The number of carbonyl (C=O) groups is 2. The molecule has 308 valence electrons. The summed E-state index contributed by atoms with van der Waals surface area (Å²) < 4.78 is 72.5. The van der Waals surface area contributed by atoms with Gasteiger partial charge >= 0.3 is 11.9 Å². The third kappa shape index (κ3) is 52.9. The largest absolute Gasteiger partial charge is 0.464 e. The highest BCUT2D eigenvalue weighted by molar-refractivity contribution is 5.70. The number of esters is 2. The van der Waals surface area contributed by atoms with Crippen LogP contribution < -0.4 is 0 Å². The molecule has 0 spiro atoms. The van der Waals surface area contributed by atoms with Gasteiger partial charge < -0.3 is 71.4 Å². The molecule has 0 bridgehead atoms. The second kappa shape index (κ2) is 50.5. The van der Waals surface area contributed by atoms with Crippen LogP contribution in [-0.2, 0) is 75.9 Å². The smallest absolute Gasteiger partial charge is 0.332 e. The van der Waals surface area contributed by atoms with E-state index in [-0.39, 0.29) is 39.2 Å². The number of hydrogen-bond acceptors (Lipinski definition) is 17. The van der Waals surface area contributed by atoms with Gasteiger partial charge in [0.2, 0.25) is 0 Å². The fraction of sp³-hybridized carbons (Fsp3) is 0.941. The van der Waals surface area contributed by atoms with Gasteiger partial charge in [-0.2, -0.15) is 0 Å². The molecular weight excluding hydrogens is 680 g/mol.